The molecule has 1 atom stereocenters. The molecule has 2 nitrogen and oxygen atoms in total. The molecule has 82 valence electrons. The van der Waals surface area contributed by atoms with Gasteiger partial charge in [-0.1, -0.05) is 48.5 Å². The van der Waals surface area contributed by atoms with Crippen molar-refractivity contribution in [2.45, 2.75) is 6.08 Å². The summed E-state index contributed by atoms with van der Waals surface area (Å²) in [4.78, 5) is 0. The highest BCUT2D eigenvalue weighted by atomic mass is 16.5. The van der Waals surface area contributed by atoms with Gasteiger partial charge >= 0.3 is 0 Å². The molecule has 1 unspecified atom stereocenters. The van der Waals surface area contributed by atoms with Crippen LogP contribution in [0.4, 0.5) is 0 Å². The van der Waals surface area contributed by atoms with Crippen molar-refractivity contribution in [2.24, 2.45) is 0 Å². The molecule has 0 radical (unpaired) electrons. The number of hydrogen-bond acceptors (Lipinski definition) is 2. The molecule has 0 aliphatic heterocycles. The minimum Gasteiger partial charge on any atom is -0.491 e. The van der Waals surface area contributed by atoms with Crippen LogP contribution in [0.3, 0.4) is 0 Å². The first kappa shape index (κ1) is 9.43. The molecule has 2 rings (SSSR count). The van der Waals surface area contributed by atoms with E-state index < -0.39 is 6.08 Å². The quantitative estimate of drug-likeness (QED) is 0.849. The minimum atomic E-state index is -1.73. The van der Waals surface area contributed by atoms with Crippen molar-refractivity contribution in [3.63, 3.8) is 0 Å². The summed E-state index contributed by atoms with van der Waals surface area (Å²) in [5.41, 5.74) is 0.524. The van der Waals surface area contributed by atoms with Crippen molar-refractivity contribution in [2.75, 3.05) is 6.61 Å². The van der Waals surface area contributed by atoms with Crippen LogP contribution in [0.2, 0.25) is 0 Å². The van der Waals surface area contributed by atoms with Crippen LogP contribution in [0.1, 0.15) is 13.0 Å². The van der Waals surface area contributed by atoms with Gasteiger partial charge in [0.1, 0.15) is 18.4 Å². The van der Waals surface area contributed by atoms with Gasteiger partial charge in [-0.25, -0.2) is 0 Å². The Morgan fingerprint density at radius 2 is 1.56 bits per heavy atom. The van der Waals surface area contributed by atoms with E-state index in [1.807, 2.05) is 24.3 Å². The number of para-hydroxylation sites is 1. The fourth-order valence-electron chi connectivity index (χ4n) is 1.38. The van der Waals surface area contributed by atoms with Gasteiger partial charge in [-0.2, -0.15) is 0 Å². The molecular weight excluding hydrogens is 200 g/mol. The number of aliphatic hydroxyl groups is 1. The first-order valence-electron chi connectivity index (χ1n) is 5.64. The summed E-state index contributed by atoms with van der Waals surface area (Å²) in [7, 11) is 0. The van der Waals surface area contributed by atoms with Crippen molar-refractivity contribution >= 4 is 0 Å². The third-order valence-corrected chi connectivity index (χ3v) is 2.23. The molecule has 1 N–H and O–H groups in total. The predicted molar refractivity (Wildman–Crippen MR) is 63.3 cm³/mol. The van der Waals surface area contributed by atoms with E-state index in [0.717, 1.165) is 0 Å². The van der Waals surface area contributed by atoms with Gasteiger partial charge in [-0.3, -0.25) is 0 Å². The van der Waals surface area contributed by atoms with Gasteiger partial charge in [0.15, 0.2) is 0 Å². The summed E-state index contributed by atoms with van der Waals surface area (Å²) in [5.74, 6) is 0.647. The molecule has 0 aromatic heterocycles. The van der Waals surface area contributed by atoms with Gasteiger partial charge in [-0.15, -0.1) is 0 Å². The van der Waals surface area contributed by atoms with Crippen LogP contribution in [0.15, 0.2) is 60.7 Å². The van der Waals surface area contributed by atoms with E-state index in [1.165, 1.54) is 0 Å². The van der Waals surface area contributed by atoms with E-state index in [0.29, 0.717) is 11.3 Å². The van der Waals surface area contributed by atoms with Crippen molar-refractivity contribution in [3.8, 4) is 5.75 Å². The second kappa shape index (κ2) is 5.33. The molecule has 16 heavy (non-hydrogen) atoms. The normalized spacial score (nSPS) is 14.9. The zero-order valence-corrected chi connectivity index (χ0v) is 8.84. The molecule has 2 aromatic carbocycles. The minimum absolute atomic E-state index is 0.0962. The van der Waals surface area contributed by atoms with Gasteiger partial charge in [0.2, 0.25) is 0 Å². The molecule has 0 heterocycles. The fourth-order valence-corrected chi connectivity index (χ4v) is 1.38. The van der Waals surface area contributed by atoms with Gasteiger partial charge in [0.05, 0.1) is 1.37 Å². The van der Waals surface area contributed by atoms with Crippen LogP contribution in [-0.2, 0) is 0 Å². The summed E-state index contributed by atoms with van der Waals surface area (Å²) in [6, 6.07) is 18.0. The van der Waals surface area contributed by atoms with E-state index in [2.05, 4.69) is 0 Å². The van der Waals surface area contributed by atoms with Crippen LogP contribution in [0.25, 0.3) is 0 Å². The fraction of sp³-hybridized carbons (Fsp3) is 0.143. The summed E-state index contributed by atoms with van der Waals surface area (Å²) < 4.78 is 13.2. The number of ether oxygens (including phenoxy) is 1. The highest BCUT2D eigenvalue weighted by Crippen LogP contribution is 2.15. The molecule has 0 spiro atoms. The first-order valence-corrected chi connectivity index (χ1v) is 5.14. The standard InChI is InChI=1S/C14H14O2/c15-14(12-7-3-1-4-8-12)11-16-13-9-5-2-6-10-13/h1-10,14-15H,11H2/i14D. The predicted octanol–water partition coefficient (Wildman–Crippen LogP) is 2.80. The molecule has 0 fully saturated rings. The lowest BCUT2D eigenvalue weighted by molar-refractivity contribution is 0.108. The zero-order valence-electron chi connectivity index (χ0n) is 9.84. The van der Waals surface area contributed by atoms with Crippen molar-refractivity contribution < 1.29 is 11.2 Å². The molecule has 2 aromatic rings. The second-order valence-electron chi connectivity index (χ2n) is 3.41. The average molecular weight is 215 g/mol. The molecule has 0 saturated carbocycles. The van der Waals surface area contributed by atoms with Crippen LogP contribution in [-0.4, -0.2) is 11.7 Å². The molecular formula is C14H14O2. The maximum absolute atomic E-state index is 9.99. The van der Waals surface area contributed by atoms with Gasteiger partial charge in [0.25, 0.3) is 0 Å². The Labute approximate surface area is 96.5 Å². The lowest BCUT2D eigenvalue weighted by Gasteiger charge is -2.12. The molecule has 0 aliphatic rings. The zero-order chi connectivity index (χ0) is 12.1. The van der Waals surface area contributed by atoms with Gasteiger partial charge in [-0.05, 0) is 17.7 Å². The number of hydrogen-bond donors (Lipinski definition) is 1. The van der Waals surface area contributed by atoms with Gasteiger partial charge < -0.3 is 9.84 Å². The van der Waals surface area contributed by atoms with Crippen LogP contribution in [0.5, 0.6) is 5.75 Å². The third kappa shape index (κ3) is 2.84. The highest BCUT2D eigenvalue weighted by Gasteiger charge is 2.06. The average Bonchev–Trinajstić information content (AvgIpc) is 2.39. The van der Waals surface area contributed by atoms with Crippen molar-refractivity contribution in [1.29, 1.82) is 0 Å². The summed E-state index contributed by atoms with van der Waals surface area (Å²) in [5, 5.41) is 9.99. The van der Waals surface area contributed by atoms with Crippen LogP contribution in [0, 0.1) is 0 Å². The lowest BCUT2D eigenvalue weighted by Crippen LogP contribution is -2.09. The van der Waals surface area contributed by atoms with Crippen molar-refractivity contribution in [1.82, 2.24) is 0 Å². The molecule has 0 amide bonds. The van der Waals surface area contributed by atoms with E-state index in [1.54, 1.807) is 36.4 Å². The van der Waals surface area contributed by atoms with Crippen molar-refractivity contribution in [3.05, 3.63) is 66.2 Å². The van der Waals surface area contributed by atoms with Crippen LogP contribution >= 0.6 is 0 Å². The Bertz CT molecular complexity index is 454. The lowest BCUT2D eigenvalue weighted by atomic mass is 10.1. The Kier molecular flexibility index (Phi) is 3.14. The Balaban J connectivity index is 2.03. The third-order valence-electron chi connectivity index (χ3n) is 2.23. The molecule has 0 saturated heterocycles. The topological polar surface area (TPSA) is 29.5 Å². The molecule has 2 heteroatoms. The summed E-state index contributed by atoms with van der Waals surface area (Å²) in [6.45, 7) is -0.0962. The Morgan fingerprint density at radius 1 is 1.00 bits per heavy atom. The SMILES string of the molecule is [2H]C(O)(COc1ccccc1)c1ccccc1. The first-order chi connectivity index (χ1) is 8.18. The maximum Gasteiger partial charge on any atom is 0.119 e. The smallest absolute Gasteiger partial charge is 0.119 e. The van der Waals surface area contributed by atoms with E-state index >= 15 is 0 Å². The van der Waals surface area contributed by atoms with Crippen LogP contribution < -0.4 is 4.74 Å². The van der Waals surface area contributed by atoms with E-state index in [4.69, 9.17) is 6.11 Å². The van der Waals surface area contributed by atoms with Gasteiger partial charge in [0, 0.05) is 0 Å². The Hall–Kier alpha value is -1.80. The largest absolute Gasteiger partial charge is 0.491 e. The Morgan fingerprint density at radius 3 is 2.19 bits per heavy atom. The maximum atomic E-state index is 9.99. The number of rotatable bonds is 4. The highest BCUT2D eigenvalue weighted by molar-refractivity contribution is 5.22. The van der Waals surface area contributed by atoms with E-state index in [9.17, 15) is 5.11 Å². The number of benzene rings is 2. The summed E-state index contributed by atoms with van der Waals surface area (Å²) in [6.07, 6.45) is -1.73. The monoisotopic (exact) mass is 215 g/mol. The molecule has 0 aliphatic carbocycles. The van der Waals surface area contributed by atoms with E-state index in [-0.39, 0.29) is 6.61 Å². The second-order valence-corrected chi connectivity index (χ2v) is 3.41. The molecule has 0 bridgehead atoms. The summed E-state index contributed by atoms with van der Waals surface area (Å²) >= 11 is 0.